The molecule has 0 bridgehead atoms. The van der Waals surface area contributed by atoms with Crippen molar-refractivity contribution in [2.24, 2.45) is 0 Å². The lowest BCUT2D eigenvalue weighted by atomic mass is 10.1. The molecular formula is C30H29NO6. The highest BCUT2D eigenvalue weighted by atomic mass is 16.5. The molecule has 0 saturated carbocycles. The van der Waals surface area contributed by atoms with Crippen LogP contribution in [0.15, 0.2) is 66.7 Å². The van der Waals surface area contributed by atoms with Crippen LogP contribution in [0.2, 0.25) is 0 Å². The maximum atomic E-state index is 11.1. The number of hydrogen-bond donors (Lipinski definition) is 2. The van der Waals surface area contributed by atoms with E-state index in [9.17, 15) is 9.59 Å². The normalized spacial score (nSPS) is 10.5. The van der Waals surface area contributed by atoms with Crippen molar-refractivity contribution in [1.29, 1.82) is 0 Å². The molecule has 0 spiro atoms. The maximum Gasteiger partial charge on any atom is 0.335 e. The minimum atomic E-state index is -1.02. The van der Waals surface area contributed by atoms with Crippen LogP contribution in [0.25, 0.3) is 6.08 Å². The third-order valence-corrected chi connectivity index (χ3v) is 5.40. The average Bonchev–Trinajstić information content (AvgIpc) is 2.91. The van der Waals surface area contributed by atoms with Crippen LogP contribution in [0.4, 0.5) is 0 Å². The number of aromatic carboxylic acids is 1. The molecule has 0 aliphatic rings. The summed E-state index contributed by atoms with van der Waals surface area (Å²) in [5.41, 5.74) is 2.81. The van der Waals surface area contributed by atoms with Crippen molar-refractivity contribution in [2.45, 2.75) is 32.1 Å². The lowest BCUT2D eigenvalue weighted by molar-refractivity contribution is -0.136. The Morgan fingerprint density at radius 3 is 2.54 bits per heavy atom. The molecule has 1 heterocycles. The highest BCUT2D eigenvalue weighted by Crippen LogP contribution is 2.20. The van der Waals surface area contributed by atoms with E-state index in [0.29, 0.717) is 29.3 Å². The molecule has 0 aliphatic heterocycles. The van der Waals surface area contributed by atoms with Gasteiger partial charge < -0.3 is 19.7 Å². The lowest BCUT2D eigenvalue weighted by Crippen LogP contribution is -2.05. The van der Waals surface area contributed by atoms with E-state index in [1.807, 2.05) is 24.3 Å². The lowest BCUT2D eigenvalue weighted by Gasteiger charge is -2.10. The van der Waals surface area contributed by atoms with Crippen LogP contribution in [0.3, 0.4) is 0 Å². The van der Waals surface area contributed by atoms with Gasteiger partial charge in [0.1, 0.15) is 17.2 Å². The highest BCUT2D eigenvalue weighted by molar-refractivity contribution is 5.88. The fourth-order valence-electron chi connectivity index (χ4n) is 3.44. The quantitative estimate of drug-likeness (QED) is 0.251. The predicted molar refractivity (Wildman–Crippen MR) is 141 cm³/mol. The van der Waals surface area contributed by atoms with Crippen molar-refractivity contribution < 1.29 is 29.3 Å². The van der Waals surface area contributed by atoms with Crippen molar-refractivity contribution in [2.75, 3.05) is 13.7 Å². The van der Waals surface area contributed by atoms with Crippen LogP contribution in [0.5, 0.6) is 11.5 Å². The van der Waals surface area contributed by atoms with Gasteiger partial charge in [0.25, 0.3) is 0 Å². The summed E-state index contributed by atoms with van der Waals surface area (Å²) in [6.45, 7) is 0.491. The van der Waals surface area contributed by atoms with Crippen LogP contribution in [-0.2, 0) is 11.2 Å². The molecule has 0 saturated heterocycles. The molecule has 0 radical (unpaired) electrons. The van der Waals surface area contributed by atoms with E-state index in [1.165, 1.54) is 12.1 Å². The van der Waals surface area contributed by atoms with Crippen LogP contribution >= 0.6 is 0 Å². The van der Waals surface area contributed by atoms with Crippen LogP contribution in [0, 0.1) is 11.8 Å². The summed E-state index contributed by atoms with van der Waals surface area (Å²) in [5.74, 6) is 5.27. The number of aryl methyl sites for hydroxylation is 1. The number of carboxylic acid groups (broad SMARTS) is 2. The maximum absolute atomic E-state index is 11.1. The number of allylic oxidation sites excluding steroid dienone is 1. The molecule has 0 atom stereocenters. The number of carbonyl (C=O) groups is 2. The Morgan fingerprint density at radius 1 is 1.00 bits per heavy atom. The second-order valence-electron chi connectivity index (χ2n) is 8.19. The van der Waals surface area contributed by atoms with Gasteiger partial charge in [0.2, 0.25) is 0 Å². The minimum absolute atomic E-state index is 0.0724. The summed E-state index contributed by atoms with van der Waals surface area (Å²) in [7, 11) is 1.65. The average molecular weight is 500 g/mol. The summed E-state index contributed by atoms with van der Waals surface area (Å²) in [5, 5.41) is 18.2. The Labute approximate surface area is 216 Å². The molecule has 3 rings (SSSR count). The molecule has 7 nitrogen and oxygen atoms in total. The Kier molecular flexibility index (Phi) is 10.3. The van der Waals surface area contributed by atoms with E-state index in [-0.39, 0.29) is 18.4 Å². The topological polar surface area (TPSA) is 106 Å². The van der Waals surface area contributed by atoms with E-state index < -0.39 is 11.9 Å². The summed E-state index contributed by atoms with van der Waals surface area (Å²) < 4.78 is 11.1. The second kappa shape index (κ2) is 14.1. The standard InChI is InChI=1S/C30H29NO6/c1-36-26-15-11-22(12-16-26)7-4-2-3-5-20-37-28-18-14-25(31-27(28)17-19-29(32)33)13-10-23-8-6-9-24(21-23)30(34)35/h4,6-9,11-12,14-16,18,21H,2-3,5,17,19-20H2,1H3,(H,32,33)(H,34,35)/b7-4+. The van der Waals surface area contributed by atoms with Gasteiger partial charge >= 0.3 is 11.9 Å². The zero-order chi connectivity index (χ0) is 26.5. The number of pyridine rings is 1. The first kappa shape index (κ1) is 27.0. The fourth-order valence-corrected chi connectivity index (χ4v) is 3.44. The molecule has 190 valence electrons. The molecule has 7 heteroatoms. The molecule has 0 unspecified atom stereocenters. The van der Waals surface area contributed by atoms with E-state index in [4.69, 9.17) is 19.7 Å². The molecule has 2 aromatic carbocycles. The molecule has 2 N–H and O–H groups in total. The summed E-state index contributed by atoms with van der Waals surface area (Å²) >= 11 is 0. The van der Waals surface area contributed by atoms with E-state index in [1.54, 1.807) is 31.4 Å². The van der Waals surface area contributed by atoms with Crippen molar-refractivity contribution in [3.63, 3.8) is 0 Å². The van der Waals surface area contributed by atoms with Crippen molar-refractivity contribution in [1.82, 2.24) is 4.98 Å². The second-order valence-corrected chi connectivity index (χ2v) is 8.19. The number of benzene rings is 2. The van der Waals surface area contributed by atoms with Gasteiger partial charge in [-0.25, -0.2) is 9.78 Å². The number of rotatable bonds is 12. The molecule has 0 aliphatic carbocycles. The van der Waals surface area contributed by atoms with Gasteiger partial charge in [0, 0.05) is 12.0 Å². The van der Waals surface area contributed by atoms with Gasteiger partial charge in [-0.2, -0.15) is 0 Å². The van der Waals surface area contributed by atoms with Gasteiger partial charge in [-0.15, -0.1) is 0 Å². The minimum Gasteiger partial charge on any atom is -0.497 e. The highest BCUT2D eigenvalue weighted by Gasteiger charge is 2.09. The third-order valence-electron chi connectivity index (χ3n) is 5.40. The number of hydrogen-bond acceptors (Lipinski definition) is 5. The van der Waals surface area contributed by atoms with E-state index in [0.717, 1.165) is 30.6 Å². The Morgan fingerprint density at radius 2 is 1.81 bits per heavy atom. The molecule has 37 heavy (non-hydrogen) atoms. The molecule has 3 aromatic rings. The SMILES string of the molecule is COc1ccc(/C=C/CCCCOc2ccc(C#Cc3cccc(C(=O)O)c3)nc2CCC(=O)O)cc1. The predicted octanol–water partition coefficient (Wildman–Crippen LogP) is 5.47. The van der Waals surface area contributed by atoms with Crippen molar-refractivity contribution in [3.8, 4) is 23.3 Å². The monoisotopic (exact) mass is 499 g/mol. The zero-order valence-corrected chi connectivity index (χ0v) is 20.6. The van der Waals surface area contributed by atoms with Crippen molar-refractivity contribution in [3.05, 3.63) is 94.8 Å². The third kappa shape index (κ3) is 9.19. The van der Waals surface area contributed by atoms with Gasteiger partial charge in [-0.05, 0) is 73.2 Å². The van der Waals surface area contributed by atoms with E-state index in [2.05, 4.69) is 29.0 Å². The summed E-state index contributed by atoms with van der Waals surface area (Å²) in [6.07, 6.45) is 7.05. The Hall–Kier alpha value is -4.57. The van der Waals surface area contributed by atoms with E-state index >= 15 is 0 Å². The summed E-state index contributed by atoms with van der Waals surface area (Å²) in [6, 6.07) is 17.7. The number of aromatic nitrogens is 1. The van der Waals surface area contributed by atoms with Crippen LogP contribution in [0.1, 0.15) is 58.6 Å². The first-order valence-electron chi connectivity index (χ1n) is 11.9. The van der Waals surface area contributed by atoms with Gasteiger partial charge in [0.05, 0.1) is 31.4 Å². The first-order chi connectivity index (χ1) is 17.9. The number of carboxylic acids is 2. The fraction of sp³-hybridized carbons (Fsp3) is 0.233. The van der Waals surface area contributed by atoms with Crippen LogP contribution < -0.4 is 9.47 Å². The Balaban J connectivity index is 1.56. The largest absolute Gasteiger partial charge is 0.497 e. The number of aliphatic carboxylic acids is 1. The Bertz CT molecular complexity index is 1300. The number of nitrogens with zero attached hydrogens (tertiary/aromatic N) is 1. The first-order valence-corrected chi connectivity index (χ1v) is 11.9. The van der Waals surface area contributed by atoms with Gasteiger partial charge in [-0.3, -0.25) is 4.79 Å². The molecule has 0 amide bonds. The smallest absolute Gasteiger partial charge is 0.335 e. The number of unbranched alkanes of at least 4 members (excludes halogenated alkanes) is 2. The van der Waals surface area contributed by atoms with Crippen LogP contribution in [-0.4, -0.2) is 40.9 Å². The molecule has 0 fully saturated rings. The van der Waals surface area contributed by atoms with Crippen molar-refractivity contribution >= 4 is 18.0 Å². The number of methoxy groups -OCH3 is 1. The molecular weight excluding hydrogens is 470 g/mol. The zero-order valence-electron chi connectivity index (χ0n) is 20.6. The molecule has 1 aromatic heterocycles. The van der Waals surface area contributed by atoms with Gasteiger partial charge in [-0.1, -0.05) is 36.3 Å². The number of ether oxygens (including phenoxy) is 2. The summed E-state index contributed by atoms with van der Waals surface area (Å²) in [4.78, 5) is 26.7. The van der Waals surface area contributed by atoms with Gasteiger partial charge in [0.15, 0.2) is 0 Å².